The largest absolute Gasteiger partial charge is 0.453 e. The van der Waals surface area contributed by atoms with Crippen LogP contribution in [0.2, 0.25) is 0 Å². The van der Waals surface area contributed by atoms with Crippen LogP contribution in [0.3, 0.4) is 0 Å². The fraction of sp³-hybridized carbons (Fsp3) is 0.323. The number of methoxy groups -OCH3 is 1. The van der Waals surface area contributed by atoms with Gasteiger partial charge in [-0.05, 0) is 60.5 Å². The summed E-state index contributed by atoms with van der Waals surface area (Å²) in [6, 6.07) is 6.98. The Bertz CT molecular complexity index is 1520. The highest BCUT2D eigenvalue weighted by Gasteiger charge is 2.24. The van der Waals surface area contributed by atoms with Gasteiger partial charge in [0, 0.05) is 55.6 Å². The number of hydrogen-bond acceptors (Lipinski definition) is 6. The molecule has 2 heterocycles. The molecule has 228 valence electrons. The van der Waals surface area contributed by atoms with Crippen LogP contribution in [0.1, 0.15) is 53.5 Å². The molecule has 0 unspecified atom stereocenters. The van der Waals surface area contributed by atoms with Crippen molar-refractivity contribution >= 4 is 41.2 Å². The number of halogens is 3. The molecule has 1 aliphatic heterocycles. The number of aromatic nitrogens is 2. The van der Waals surface area contributed by atoms with Crippen LogP contribution in [-0.4, -0.2) is 66.4 Å². The molecular formula is C31H35F3N6O3. The van der Waals surface area contributed by atoms with Crippen molar-refractivity contribution in [2.45, 2.75) is 33.4 Å². The van der Waals surface area contributed by atoms with Crippen LogP contribution in [0.5, 0.6) is 0 Å². The maximum atomic E-state index is 15.1. The average Bonchev–Trinajstić information content (AvgIpc) is 3.35. The van der Waals surface area contributed by atoms with Gasteiger partial charge < -0.3 is 25.2 Å². The molecule has 2 aromatic carbocycles. The Kier molecular flexibility index (Phi) is 9.92. The van der Waals surface area contributed by atoms with Crippen molar-refractivity contribution in [2.75, 3.05) is 43.5 Å². The van der Waals surface area contributed by atoms with E-state index in [2.05, 4.69) is 27.4 Å². The molecule has 2 amide bonds. The predicted octanol–water partition coefficient (Wildman–Crippen LogP) is 5.67. The van der Waals surface area contributed by atoms with E-state index in [1.807, 2.05) is 18.7 Å². The topological polar surface area (TPSA) is 103 Å². The van der Waals surface area contributed by atoms with E-state index < -0.39 is 29.5 Å². The Morgan fingerprint density at radius 3 is 2.35 bits per heavy atom. The Labute approximate surface area is 248 Å². The number of H-pyrrole nitrogens is 1. The Morgan fingerprint density at radius 2 is 1.77 bits per heavy atom. The van der Waals surface area contributed by atoms with E-state index in [-0.39, 0.29) is 28.6 Å². The summed E-state index contributed by atoms with van der Waals surface area (Å²) in [6.07, 6.45) is 2.52. The van der Waals surface area contributed by atoms with Gasteiger partial charge in [-0.1, -0.05) is 20.4 Å². The van der Waals surface area contributed by atoms with Crippen molar-refractivity contribution in [1.82, 2.24) is 20.4 Å². The molecule has 0 aliphatic carbocycles. The van der Waals surface area contributed by atoms with Crippen LogP contribution in [0.4, 0.5) is 29.5 Å². The third-order valence-electron chi connectivity index (χ3n) is 7.12. The molecule has 9 nitrogen and oxygen atoms in total. The molecule has 4 rings (SSSR count). The summed E-state index contributed by atoms with van der Waals surface area (Å²) in [5, 5.41) is 12.5. The molecule has 1 aromatic heterocycles. The van der Waals surface area contributed by atoms with Gasteiger partial charge in [-0.3, -0.25) is 9.89 Å². The number of hydrogen-bond donors (Lipinski definition) is 3. The van der Waals surface area contributed by atoms with E-state index in [0.29, 0.717) is 55.2 Å². The second-order valence-electron chi connectivity index (χ2n) is 10.5. The highest BCUT2D eigenvalue weighted by molar-refractivity contribution is 6.05. The van der Waals surface area contributed by atoms with Crippen LogP contribution < -0.4 is 15.5 Å². The highest BCUT2D eigenvalue weighted by Crippen LogP contribution is 2.29. The summed E-state index contributed by atoms with van der Waals surface area (Å²) < 4.78 is 49.9. The van der Waals surface area contributed by atoms with Gasteiger partial charge in [0.15, 0.2) is 5.82 Å². The average molecular weight is 597 g/mol. The van der Waals surface area contributed by atoms with E-state index in [4.69, 9.17) is 4.74 Å². The molecule has 0 atom stereocenters. The van der Waals surface area contributed by atoms with Gasteiger partial charge in [0.25, 0.3) is 5.91 Å². The van der Waals surface area contributed by atoms with Crippen LogP contribution in [-0.2, 0) is 11.3 Å². The lowest BCUT2D eigenvalue weighted by molar-refractivity contribution is 0.102. The van der Waals surface area contributed by atoms with Crippen molar-refractivity contribution in [2.24, 2.45) is 0 Å². The lowest BCUT2D eigenvalue weighted by Gasteiger charge is -2.35. The number of carbonyl (C=O) groups is 2. The minimum atomic E-state index is -0.756. The standard InChI is InChI=1S/C31H35F3N6O3/c1-6-27-23(13-19(4)28-25(33)14-20(15-26(28)34)17-35-18(2)3)29(38-37-27)36-30(41)22-8-7-21(16-24(22)32)39-9-11-40(12-10-39)31(42)43-5/h6-8,13-16,18,35H,1,9-12,17H2,2-5H3,(H2,36,37,38,41)/b19-13+. The fourth-order valence-corrected chi connectivity index (χ4v) is 4.81. The third-order valence-corrected chi connectivity index (χ3v) is 7.12. The van der Waals surface area contributed by atoms with E-state index in [1.54, 1.807) is 17.9 Å². The number of allylic oxidation sites excluding steroid dienone is 1. The Hall–Kier alpha value is -4.58. The lowest BCUT2D eigenvalue weighted by atomic mass is 10.0. The molecule has 1 aliphatic rings. The summed E-state index contributed by atoms with van der Waals surface area (Å²) in [6.45, 7) is 11.3. The maximum absolute atomic E-state index is 15.1. The number of carbonyl (C=O) groups excluding carboxylic acids is 2. The molecule has 3 N–H and O–H groups in total. The van der Waals surface area contributed by atoms with Crippen molar-refractivity contribution in [1.29, 1.82) is 0 Å². The first-order valence-corrected chi connectivity index (χ1v) is 13.8. The zero-order valence-electron chi connectivity index (χ0n) is 24.6. The first-order chi connectivity index (χ1) is 20.5. The van der Waals surface area contributed by atoms with Gasteiger partial charge in [0.05, 0.1) is 18.4 Å². The zero-order valence-corrected chi connectivity index (χ0v) is 24.6. The molecule has 0 saturated carbocycles. The number of nitrogens with one attached hydrogen (secondary N) is 3. The van der Waals surface area contributed by atoms with E-state index in [0.717, 1.165) is 0 Å². The van der Waals surface area contributed by atoms with Crippen LogP contribution in [0.15, 0.2) is 36.9 Å². The molecule has 43 heavy (non-hydrogen) atoms. The number of benzene rings is 2. The number of rotatable bonds is 9. The number of anilines is 2. The van der Waals surface area contributed by atoms with Gasteiger partial charge in [-0.2, -0.15) is 5.10 Å². The summed E-state index contributed by atoms with van der Waals surface area (Å²) >= 11 is 0. The van der Waals surface area contributed by atoms with Crippen molar-refractivity contribution < 1.29 is 27.5 Å². The number of ether oxygens (including phenoxy) is 1. The monoisotopic (exact) mass is 596 g/mol. The highest BCUT2D eigenvalue weighted by atomic mass is 19.1. The molecule has 1 saturated heterocycles. The minimum absolute atomic E-state index is 0.0419. The van der Waals surface area contributed by atoms with E-state index in [1.165, 1.54) is 43.5 Å². The van der Waals surface area contributed by atoms with Crippen molar-refractivity contribution in [3.05, 3.63) is 82.3 Å². The molecule has 12 heteroatoms. The summed E-state index contributed by atoms with van der Waals surface area (Å²) in [5.41, 5.74) is 1.59. The normalized spacial score (nSPS) is 13.8. The molecular weight excluding hydrogens is 561 g/mol. The first-order valence-electron chi connectivity index (χ1n) is 13.8. The van der Waals surface area contributed by atoms with E-state index in [9.17, 15) is 9.59 Å². The summed E-state index contributed by atoms with van der Waals surface area (Å²) in [4.78, 5) is 28.3. The molecule has 0 spiro atoms. The smallest absolute Gasteiger partial charge is 0.409 e. The molecule has 1 fully saturated rings. The minimum Gasteiger partial charge on any atom is -0.453 e. The number of aromatic amines is 1. The van der Waals surface area contributed by atoms with Crippen LogP contribution >= 0.6 is 0 Å². The number of amides is 2. The molecule has 0 bridgehead atoms. The maximum Gasteiger partial charge on any atom is 0.409 e. The summed E-state index contributed by atoms with van der Waals surface area (Å²) in [5.74, 6) is -2.90. The fourth-order valence-electron chi connectivity index (χ4n) is 4.81. The summed E-state index contributed by atoms with van der Waals surface area (Å²) in [7, 11) is 1.32. The van der Waals surface area contributed by atoms with Gasteiger partial charge in [-0.25, -0.2) is 18.0 Å². The van der Waals surface area contributed by atoms with Gasteiger partial charge >= 0.3 is 6.09 Å². The van der Waals surface area contributed by atoms with E-state index >= 15 is 13.2 Å². The van der Waals surface area contributed by atoms with Crippen LogP contribution in [0.25, 0.3) is 17.7 Å². The third kappa shape index (κ3) is 7.26. The number of piperazine rings is 1. The first kappa shape index (κ1) is 31.4. The molecule has 3 aromatic rings. The zero-order chi connectivity index (χ0) is 31.3. The lowest BCUT2D eigenvalue weighted by Crippen LogP contribution is -2.48. The van der Waals surface area contributed by atoms with Crippen LogP contribution in [0, 0.1) is 17.5 Å². The quantitative estimate of drug-likeness (QED) is 0.294. The second kappa shape index (κ2) is 13.6. The Morgan fingerprint density at radius 1 is 1.09 bits per heavy atom. The SMILES string of the molecule is C=Cc1[nH]nc(NC(=O)c2ccc(N3CCN(C(=O)OC)CC3)cc2F)c1/C=C(\C)c1c(F)cc(CNC(C)C)cc1F. The predicted molar refractivity (Wildman–Crippen MR) is 161 cm³/mol. The second-order valence-corrected chi connectivity index (χ2v) is 10.5. The number of nitrogens with zero attached hydrogens (tertiary/aromatic N) is 3. The van der Waals surface area contributed by atoms with Crippen molar-refractivity contribution in [3.63, 3.8) is 0 Å². The molecule has 0 radical (unpaired) electrons. The Balaban J connectivity index is 1.53. The van der Waals surface area contributed by atoms with Gasteiger partial charge in [0.1, 0.15) is 17.5 Å². The van der Waals surface area contributed by atoms with Crippen molar-refractivity contribution in [3.8, 4) is 0 Å². The van der Waals surface area contributed by atoms with Gasteiger partial charge in [-0.15, -0.1) is 0 Å². The van der Waals surface area contributed by atoms with Gasteiger partial charge in [0.2, 0.25) is 0 Å².